The molecule has 0 saturated heterocycles. The number of rotatable bonds is 7. The van der Waals surface area contributed by atoms with Gasteiger partial charge in [0.05, 0.1) is 25.0 Å². The normalized spacial score (nSPS) is 9.48. The third-order valence-electron chi connectivity index (χ3n) is 2.44. The molecule has 0 spiro atoms. The predicted molar refractivity (Wildman–Crippen MR) is 73.7 cm³/mol. The van der Waals surface area contributed by atoms with Crippen molar-refractivity contribution in [1.29, 1.82) is 10.5 Å². The summed E-state index contributed by atoms with van der Waals surface area (Å²) in [5, 5.41) is 17.1. The van der Waals surface area contributed by atoms with Crippen LogP contribution in [-0.4, -0.2) is 36.5 Å². The summed E-state index contributed by atoms with van der Waals surface area (Å²) in [6.07, 6.45) is 0.298. The second-order valence-corrected chi connectivity index (χ2v) is 4.66. The molecular formula is C13H12BrN3O4. The van der Waals surface area contributed by atoms with Crippen LogP contribution in [0.2, 0.25) is 0 Å². The van der Waals surface area contributed by atoms with Crippen LogP contribution in [0.4, 0.5) is 0 Å². The second-order valence-electron chi connectivity index (χ2n) is 3.88. The van der Waals surface area contributed by atoms with Crippen LogP contribution in [-0.2, 0) is 9.53 Å². The number of halogens is 1. The Morgan fingerprint density at radius 2 is 1.86 bits per heavy atom. The van der Waals surface area contributed by atoms with E-state index in [0.717, 1.165) is 0 Å². The lowest BCUT2D eigenvalue weighted by Crippen LogP contribution is -2.36. The molecule has 21 heavy (non-hydrogen) atoms. The fourth-order valence-corrected chi connectivity index (χ4v) is 1.75. The summed E-state index contributed by atoms with van der Waals surface area (Å²) in [6, 6.07) is 6.79. The number of hydrogen-bond donors (Lipinski definition) is 0. The number of carbonyl (C=O) groups is 2. The van der Waals surface area contributed by atoms with Crippen LogP contribution in [0.5, 0.6) is 0 Å². The maximum Gasteiger partial charge on any atom is 0.374 e. The van der Waals surface area contributed by atoms with Gasteiger partial charge in [-0.25, -0.2) is 4.79 Å². The lowest BCUT2D eigenvalue weighted by Gasteiger charge is -2.19. The summed E-state index contributed by atoms with van der Waals surface area (Å²) in [6.45, 7) is -0.0737. The van der Waals surface area contributed by atoms with Gasteiger partial charge >= 0.3 is 5.97 Å². The zero-order chi connectivity index (χ0) is 15.7. The minimum Gasteiger partial charge on any atom is -0.450 e. The van der Waals surface area contributed by atoms with E-state index in [4.69, 9.17) is 19.7 Å². The van der Waals surface area contributed by atoms with Crippen LogP contribution in [0.15, 0.2) is 21.2 Å². The highest BCUT2D eigenvalue weighted by Gasteiger charge is 2.18. The number of amides is 1. The Morgan fingerprint density at radius 1 is 1.24 bits per heavy atom. The quantitative estimate of drug-likeness (QED) is 0.692. The van der Waals surface area contributed by atoms with E-state index in [9.17, 15) is 9.59 Å². The molecule has 0 N–H and O–H groups in total. The highest BCUT2D eigenvalue weighted by molar-refractivity contribution is 9.10. The Labute approximate surface area is 129 Å². The molecule has 0 aliphatic rings. The minimum absolute atomic E-state index is 0.0183. The maximum atomic E-state index is 11.9. The summed E-state index contributed by atoms with van der Waals surface area (Å²) in [7, 11) is 0. The maximum absolute atomic E-state index is 11.9. The van der Waals surface area contributed by atoms with Gasteiger partial charge in [-0.1, -0.05) is 0 Å². The predicted octanol–water partition coefficient (Wildman–Crippen LogP) is 1.85. The Morgan fingerprint density at radius 3 is 2.33 bits per heavy atom. The van der Waals surface area contributed by atoms with E-state index in [0.29, 0.717) is 4.67 Å². The van der Waals surface area contributed by atoms with E-state index in [1.807, 2.05) is 12.1 Å². The van der Waals surface area contributed by atoms with E-state index in [1.165, 1.54) is 17.0 Å². The molecule has 0 unspecified atom stereocenters. The van der Waals surface area contributed by atoms with E-state index in [-0.39, 0.29) is 31.7 Å². The average molecular weight is 354 g/mol. The van der Waals surface area contributed by atoms with Gasteiger partial charge in [0.2, 0.25) is 5.76 Å². The fraction of sp³-hybridized carbons (Fsp3) is 0.385. The summed E-state index contributed by atoms with van der Waals surface area (Å²) in [4.78, 5) is 24.8. The minimum atomic E-state index is -0.755. The molecule has 1 rings (SSSR count). The third kappa shape index (κ3) is 5.67. The molecule has 0 atom stereocenters. The van der Waals surface area contributed by atoms with Gasteiger partial charge < -0.3 is 14.1 Å². The molecule has 7 nitrogen and oxygen atoms in total. The lowest BCUT2D eigenvalue weighted by atomic mass is 10.3. The van der Waals surface area contributed by atoms with E-state index < -0.39 is 18.5 Å². The van der Waals surface area contributed by atoms with Gasteiger partial charge in [-0.05, 0) is 28.1 Å². The smallest absolute Gasteiger partial charge is 0.374 e. The van der Waals surface area contributed by atoms with Crippen molar-refractivity contribution in [1.82, 2.24) is 4.90 Å². The Hall–Kier alpha value is -2.32. The van der Waals surface area contributed by atoms with Crippen molar-refractivity contribution in [3.05, 3.63) is 22.6 Å². The largest absolute Gasteiger partial charge is 0.450 e. The van der Waals surface area contributed by atoms with Gasteiger partial charge in [0.25, 0.3) is 5.91 Å². The van der Waals surface area contributed by atoms with Crippen LogP contribution in [0.25, 0.3) is 0 Å². The van der Waals surface area contributed by atoms with Crippen LogP contribution < -0.4 is 0 Å². The Bertz CT molecular complexity index is 567. The fourth-order valence-electron chi connectivity index (χ4n) is 1.44. The van der Waals surface area contributed by atoms with Crippen molar-refractivity contribution in [2.75, 3.05) is 19.7 Å². The number of furan rings is 1. The molecule has 110 valence electrons. The molecule has 0 bridgehead atoms. The van der Waals surface area contributed by atoms with Crippen molar-refractivity contribution in [2.24, 2.45) is 0 Å². The molecule has 0 saturated carbocycles. The van der Waals surface area contributed by atoms with Gasteiger partial charge in [0, 0.05) is 13.1 Å². The number of esters is 1. The van der Waals surface area contributed by atoms with Crippen LogP contribution in [0, 0.1) is 22.7 Å². The van der Waals surface area contributed by atoms with Gasteiger partial charge in [-0.3, -0.25) is 4.79 Å². The summed E-state index contributed by atoms with van der Waals surface area (Å²) in [5.41, 5.74) is 0. The van der Waals surface area contributed by atoms with Gasteiger partial charge in [-0.2, -0.15) is 10.5 Å². The number of ether oxygens (including phenoxy) is 1. The summed E-state index contributed by atoms with van der Waals surface area (Å²) in [5.74, 6) is -1.23. The highest BCUT2D eigenvalue weighted by atomic mass is 79.9. The molecule has 0 aliphatic heterocycles. The zero-order valence-electron chi connectivity index (χ0n) is 11.0. The van der Waals surface area contributed by atoms with Crippen molar-refractivity contribution >= 4 is 27.8 Å². The Kier molecular flexibility index (Phi) is 6.99. The third-order valence-corrected chi connectivity index (χ3v) is 2.87. The average Bonchev–Trinajstić information content (AvgIpc) is 2.91. The number of hydrogen-bond acceptors (Lipinski definition) is 6. The molecule has 1 heterocycles. The molecule has 1 amide bonds. The monoisotopic (exact) mass is 353 g/mol. The number of nitrogens with zero attached hydrogens (tertiary/aromatic N) is 3. The first kappa shape index (κ1) is 16.7. The van der Waals surface area contributed by atoms with E-state index >= 15 is 0 Å². The molecule has 1 aromatic rings. The molecule has 1 aromatic heterocycles. The van der Waals surface area contributed by atoms with Crippen LogP contribution >= 0.6 is 15.9 Å². The summed E-state index contributed by atoms with van der Waals surface area (Å²) < 4.78 is 10.2. The van der Waals surface area contributed by atoms with Gasteiger partial charge in [0.15, 0.2) is 11.3 Å². The van der Waals surface area contributed by atoms with Crippen molar-refractivity contribution in [3.8, 4) is 12.1 Å². The first-order valence-corrected chi connectivity index (χ1v) is 6.82. The first-order chi connectivity index (χ1) is 10.1. The molecule has 0 fully saturated rings. The van der Waals surface area contributed by atoms with Crippen LogP contribution in [0.1, 0.15) is 23.4 Å². The standard InChI is InChI=1S/C13H12BrN3O4/c14-11-4-3-10(21-11)13(19)20-9-12(18)17(7-1-5-15)8-2-6-16/h3-4H,1-2,7-9H2. The van der Waals surface area contributed by atoms with Gasteiger partial charge in [-0.15, -0.1) is 0 Å². The molecule has 0 aliphatic carbocycles. The molecule has 8 heteroatoms. The van der Waals surface area contributed by atoms with E-state index in [1.54, 1.807) is 0 Å². The van der Waals surface area contributed by atoms with Crippen molar-refractivity contribution in [2.45, 2.75) is 12.8 Å². The SMILES string of the molecule is N#CCCN(CCC#N)C(=O)COC(=O)c1ccc(Br)o1. The highest BCUT2D eigenvalue weighted by Crippen LogP contribution is 2.14. The molecule has 0 radical (unpaired) electrons. The van der Waals surface area contributed by atoms with Crippen molar-refractivity contribution in [3.63, 3.8) is 0 Å². The van der Waals surface area contributed by atoms with E-state index in [2.05, 4.69) is 15.9 Å². The summed E-state index contributed by atoms with van der Waals surface area (Å²) >= 11 is 3.05. The molecular weight excluding hydrogens is 342 g/mol. The zero-order valence-corrected chi connectivity index (χ0v) is 12.6. The Balaban J connectivity index is 2.50. The second kappa shape index (κ2) is 8.77. The van der Waals surface area contributed by atoms with Gasteiger partial charge in [0.1, 0.15) is 0 Å². The number of carbonyl (C=O) groups excluding carboxylic acids is 2. The first-order valence-electron chi connectivity index (χ1n) is 6.02. The number of nitriles is 2. The topological polar surface area (TPSA) is 107 Å². The molecule has 0 aromatic carbocycles. The van der Waals surface area contributed by atoms with Crippen LogP contribution in [0.3, 0.4) is 0 Å². The lowest BCUT2D eigenvalue weighted by molar-refractivity contribution is -0.134. The van der Waals surface area contributed by atoms with Crippen molar-refractivity contribution < 1.29 is 18.7 Å².